The maximum Gasteiger partial charge on any atom is 0.324 e. The Bertz CT molecular complexity index is 160. The van der Waals surface area contributed by atoms with E-state index >= 15 is 0 Å². The van der Waals surface area contributed by atoms with E-state index in [-0.39, 0.29) is 5.97 Å². The van der Waals surface area contributed by atoms with E-state index in [1.807, 2.05) is 21.6 Å². The first-order valence-electron chi connectivity index (χ1n) is 4.51. The van der Waals surface area contributed by atoms with Gasteiger partial charge in [-0.1, -0.05) is 28.0 Å². The van der Waals surface area contributed by atoms with Gasteiger partial charge in [0.05, 0.1) is 0 Å². The Morgan fingerprint density at radius 1 is 1.54 bits per heavy atom. The molecule has 0 aromatic carbocycles. The highest BCUT2D eigenvalue weighted by molar-refractivity contribution is 8.77. The molecule has 1 heterocycles. The number of hydrogen-bond donors (Lipinski definition) is 1. The topological polar surface area (TPSA) is 52.3 Å². The van der Waals surface area contributed by atoms with Gasteiger partial charge in [-0.2, -0.15) is 5.90 Å². The summed E-state index contributed by atoms with van der Waals surface area (Å²) >= 11 is 0. The van der Waals surface area contributed by atoms with Crippen molar-refractivity contribution in [3.63, 3.8) is 0 Å². The van der Waals surface area contributed by atoms with E-state index in [0.29, 0.717) is 6.42 Å². The Kier molecular flexibility index (Phi) is 5.66. The van der Waals surface area contributed by atoms with Crippen molar-refractivity contribution in [2.45, 2.75) is 37.4 Å². The van der Waals surface area contributed by atoms with Gasteiger partial charge >= 0.3 is 5.97 Å². The van der Waals surface area contributed by atoms with Crippen LogP contribution < -0.4 is 5.90 Å². The molecule has 1 aliphatic rings. The average molecular weight is 221 g/mol. The van der Waals surface area contributed by atoms with Crippen molar-refractivity contribution in [2.75, 3.05) is 5.75 Å². The van der Waals surface area contributed by atoms with Crippen LogP contribution >= 0.6 is 21.6 Å². The van der Waals surface area contributed by atoms with Crippen molar-refractivity contribution >= 4 is 27.6 Å². The average Bonchev–Trinajstić information content (AvgIpc) is 2.64. The van der Waals surface area contributed by atoms with Gasteiger partial charge in [0.15, 0.2) is 0 Å². The first kappa shape index (κ1) is 11.2. The van der Waals surface area contributed by atoms with E-state index in [9.17, 15) is 4.79 Å². The molecule has 1 unspecified atom stereocenters. The number of hydrogen-bond acceptors (Lipinski definition) is 5. The predicted octanol–water partition coefficient (Wildman–Crippen LogP) is 2.12. The van der Waals surface area contributed by atoms with Crippen LogP contribution in [0.25, 0.3) is 0 Å². The summed E-state index contributed by atoms with van der Waals surface area (Å²) in [7, 11) is 3.94. The van der Waals surface area contributed by atoms with Crippen molar-refractivity contribution in [1.82, 2.24) is 0 Å². The lowest BCUT2D eigenvalue weighted by Gasteiger charge is -2.05. The standard InChI is InChI=1S/C8H15NO2S2/c9-11-8(10)4-2-1-3-7-5-6-12-13-7/h7H,1-6,9H2. The molecular formula is C8H15NO2S2. The fourth-order valence-corrected chi connectivity index (χ4v) is 4.29. The zero-order valence-electron chi connectivity index (χ0n) is 7.53. The van der Waals surface area contributed by atoms with E-state index in [0.717, 1.165) is 18.1 Å². The molecule has 13 heavy (non-hydrogen) atoms. The molecule has 1 atom stereocenters. The first-order valence-corrected chi connectivity index (χ1v) is 6.89. The molecule has 5 heteroatoms. The van der Waals surface area contributed by atoms with Crippen molar-refractivity contribution in [1.29, 1.82) is 0 Å². The molecule has 0 aromatic heterocycles. The Labute approximate surface area is 86.5 Å². The molecule has 0 aliphatic carbocycles. The monoisotopic (exact) mass is 221 g/mol. The molecule has 0 saturated carbocycles. The van der Waals surface area contributed by atoms with Crippen molar-refractivity contribution < 1.29 is 9.63 Å². The highest BCUT2D eigenvalue weighted by atomic mass is 33.1. The summed E-state index contributed by atoms with van der Waals surface area (Å²) in [6.07, 6.45) is 5.00. The molecule has 1 aliphatic heterocycles. The second kappa shape index (κ2) is 6.56. The fraction of sp³-hybridized carbons (Fsp3) is 0.875. The summed E-state index contributed by atoms with van der Waals surface area (Å²) in [6.45, 7) is 0. The van der Waals surface area contributed by atoms with Crippen LogP contribution in [-0.2, 0) is 9.63 Å². The summed E-state index contributed by atoms with van der Waals surface area (Å²) in [5.41, 5.74) is 0. The Balaban J connectivity index is 1.91. The molecule has 0 aromatic rings. The fourth-order valence-electron chi connectivity index (χ4n) is 1.26. The number of unbranched alkanes of at least 4 members (excludes halogenated alkanes) is 1. The van der Waals surface area contributed by atoms with E-state index in [2.05, 4.69) is 4.84 Å². The SMILES string of the molecule is NOC(=O)CCCCC1CCSS1. The third-order valence-electron chi connectivity index (χ3n) is 2.02. The summed E-state index contributed by atoms with van der Waals surface area (Å²) in [6, 6.07) is 0. The van der Waals surface area contributed by atoms with Gasteiger partial charge in [-0.25, -0.2) is 0 Å². The second-order valence-corrected chi connectivity index (χ2v) is 5.85. The van der Waals surface area contributed by atoms with Crippen LogP contribution in [0.3, 0.4) is 0 Å². The van der Waals surface area contributed by atoms with Crippen LogP contribution in [0, 0.1) is 0 Å². The Morgan fingerprint density at radius 3 is 3.00 bits per heavy atom. The Morgan fingerprint density at radius 2 is 2.38 bits per heavy atom. The zero-order chi connectivity index (χ0) is 9.52. The smallest absolute Gasteiger partial charge is 0.324 e. The normalized spacial score (nSPS) is 21.8. The molecule has 76 valence electrons. The molecule has 2 N–H and O–H groups in total. The molecule has 0 spiro atoms. The molecule has 1 rings (SSSR count). The van der Waals surface area contributed by atoms with Crippen molar-refractivity contribution in [3.05, 3.63) is 0 Å². The van der Waals surface area contributed by atoms with E-state index in [1.54, 1.807) is 0 Å². The van der Waals surface area contributed by atoms with E-state index < -0.39 is 0 Å². The van der Waals surface area contributed by atoms with Crippen LogP contribution in [0.2, 0.25) is 0 Å². The van der Waals surface area contributed by atoms with Gasteiger partial charge < -0.3 is 4.84 Å². The molecule has 0 amide bonds. The lowest BCUT2D eigenvalue weighted by molar-refractivity contribution is -0.144. The second-order valence-electron chi connectivity index (χ2n) is 3.06. The molecule has 1 fully saturated rings. The summed E-state index contributed by atoms with van der Waals surface area (Å²) < 4.78 is 0. The first-order chi connectivity index (χ1) is 6.33. The van der Waals surface area contributed by atoms with Crippen LogP contribution in [0.15, 0.2) is 0 Å². The molecule has 3 nitrogen and oxygen atoms in total. The van der Waals surface area contributed by atoms with Gasteiger partial charge in [-0.15, -0.1) is 0 Å². The quantitative estimate of drug-likeness (QED) is 0.438. The van der Waals surface area contributed by atoms with Gasteiger partial charge in [-0.05, 0) is 19.3 Å². The largest absolute Gasteiger partial charge is 0.373 e. The van der Waals surface area contributed by atoms with Gasteiger partial charge in [0.2, 0.25) is 0 Å². The minimum atomic E-state index is -0.298. The van der Waals surface area contributed by atoms with Crippen LogP contribution in [-0.4, -0.2) is 17.0 Å². The molecular weight excluding hydrogens is 206 g/mol. The maximum absolute atomic E-state index is 10.7. The van der Waals surface area contributed by atoms with Crippen LogP contribution in [0.4, 0.5) is 0 Å². The van der Waals surface area contributed by atoms with E-state index in [1.165, 1.54) is 18.6 Å². The summed E-state index contributed by atoms with van der Waals surface area (Å²) in [5, 5.41) is 0.805. The van der Waals surface area contributed by atoms with Gasteiger partial charge in [0.1, 0.15) is 0 Å². The Hall–Kier alpha value is 0.130. The maximum atomic E-state index is 10.7. The molecule has 0 bridgehead atoms. The highest BCUT2D eigenvalue weighted by Gasteiger charge is 2.15. The zero-order valence-corrected chi connectivity index (χ0v) is 9.16. The molecule has 1 saturated heterocycles. The summed E-state index contributed by atoms with van der Waals surface area (Å²) in [4.78, 5) is 14.7. The summed E-state index contributed by atoms with van der Waals surface area (Å²) in [5.74, 6) is 5.70. The minimum Gasteiger partial charge on any atom is -0.373 e. The highest BCUT2D eigenvalue weighted by Crippen LogP contribution is 2.39. The third kappa shape index (κ3) is 4.78. The number of nitrogens with two attached hydrogens (primary N) is 1. The van der Waals surface area contributed by atoms with Gasteiger partial charge in [-0.3, -0.25) is 4.79 Å². The predicted molar refractivity (Wildman–Crippen MR) is 57.2 cm³/mol. The number of rotatable bonds is 5. The third-order valence-corrected chi connectivity index (χ3v) is 5.02. The van der Waals surface area contributed by atoms with Crippen LogP contribution in [0.1, 0.15) is 32.1 Å². The lowest BCUT2D eigenvalue weighted by Crippen LogP contribution is -2.09. The van der Waals surface area contributed by atoms with E-state index in [4.69, 9.17) is 5.90 Å². The number of carbonyl (C=O) groups is 1. The lowest BCUT2D eigenvalue weighted by atomic mass is 10.1. The van der Waals surface area contributed by atoms with Crippen molar-refractivity contribution in [3.8, 4) is 0 Å². The molecule has 0 radical (unpaired) electrons. The van der Waals surface area contributed by atoms with Crippen LogP contribution in [0.5, 0.6) is 0 Å². The minimum absolute atomic E-state index is 0.298. The number of carbonyl (C=O) groups excluding carboxylic acids is 1. The van der Waals surface area contributed by atoms with Gasteiger partial charge in [0.25, 0.3) is 0 Å². The van der Waals surface area contributed by atoms with Gasteiger partial charge in [0, 0.05) is 17.4 Å². The van der Waals surface area contributed by atoms with Crippen molar-refractivity contribution in [2.24, 2.45) is 5.90 Å².